The van der Waals surface area contributed by atoms with Crippen molar-refractivity contribution in [3.8, 4) is 0 Å². The highest BCUT2D eigenvalue weighted by Gasteiger charge is 2.29. The highest BCUT2D eigenvalue weighted by atomic mass is 32.1. The molecule has 1 aliphatic carbocycles. The summed E-state index contributed by atoms with van der Waals surface area (Å²) < 4.78 is 19.6. The van der Waals surface area contributed by atoms with Crippen LogP contribution < -0.4 is 10.6 Å². The number of aryl methyl sites for hydroxylation is 2. The van der Waals surface area contributed by atoms with Gasteiger partial charge in [0.25, 0.3) is 5.91 Å². The highest BCUT2D eigenvalue weighted by Crippen LogP contribution is 2.44. The lowest BCUT2D eigenvalue weighted by Crippen LogP contribution is -2.19. The van der Waals surface area contributed by atoms with Crippen molar-refractivity contribution in [1.82, 2.24) is 4.98 Å². The molecule has 0 bridgehead atoms. The minimum absolute atomic E-state index is 0.253. The molecule has 5 nitrogen and oxygen atoms in total. The average Bonchev–Trinajstić information content (AvgIpc) is 3.46. The number of furan rings is 1. The fourth-order valence-corrected chi connectivity index (χ4v) is 5.66. The van der Waals surface area contributed by atoms with E-state index in [9.17, 15) is 9.18 Å². The van der Waals surface area contributed by atoms with Crippen molar-refractivity contribution in [2.45, 2.75) is 38.6 Å². The van der Waals surface area contributed by atoms with Gasteiger partial charge in [-0.15, -0.1) is 11.3 Å². The molecule has 0 aliphatic heterocycles. The number of carbonyl (C=O) groups excluding carboxylic acids is 1. The average molecular weight is 462 g/mol. The summed E-state index contributed by atoms with van der Waals surface area (Å²) in [6.07, 6.45) is 5.58. The molecular weight excluding hydrogens is 437 g/mol. The Balaban J connectivity index is 1.62. The Kier molecular flexibility index (Phi) is 5.96. The quantitative estimate of drug-likeness (QED) is 0.343. The van der Waals surface area contributed by atoms with E-state index < -0.39 is 0 Å². The maximum Gasteiger partial charge on any atom is 0.291 e. The van der Waals surface area contributed by atoms with Crippen LogP contribution in [0.5, 0.6) is 0 Å². The lowest BCUT2D eigenvalue weighted by atomic mass is 9.89. The first-order chi connectivity index (χ1) is 16.1. The first kappa shape index (κ1) is 21.4. The Morgan fingerprint density at radius 3 is 2.76 bits per heavy atom. The van der Waals surface area contributed by atoms with Gasteiger partial charge in [0, 0.05) is 16.1 Å². The number of thiophene rings is 1. The molecule has 3 heterocycles. The number of carbonyl (C=O) groups is 1. The van der Waals surface area contributed by atoms with Crippen LogP contribution in [0.1, 0.15) is 56.7 Å². The van der Waals surface area contributed by atoms with Gasteiger partial charge in [0.05, 0.1) is 12.3 Å². The second kappa shape index (κ2) is 9.19. The van der Waals surface area contributed by atoms with Gasteiger partial charge >= 0.3 is 0 Å². The molecule has 3 aromatic heterocycles. The maximum atomic E-state index is 14.3. The van der Waals surface area contributed by atoms with Crippen molar-refractivity contribution in [3.05, 3.63) is 99.7 Å². The maximum absolute atomic E-state index is 14.3. The predicted octanol–water partition coefficient (Wildman–Crippen LogP) is 6.52. The third-order valence-electron chi connectivity index (χ3n) is 5.84. The Morgan fingerprint density at radius 2 is 1.97 bits per heavy atom. The SMILES string of the molecule is Cc1cccc(N[C@H](c2cccc(F)c2)c2c(NC(=O)c3ccco3)sc3c2CCCC3)n1. The van der Waals surface area contributed by atoms with E-state index in [1.807, 2.05) is 31.2 Å². The number of rotatable bonds is 6. The molecule has 4 aromatic rings. The van der Waals surface area contributed by atoms with Gasteiger partial charge in [-0.25, -0.2) is 9.37 Å². The topological polar surface area (TPSA) is 67.2 Å². The Hall–Kier alpha value is -3.45. The van der Waals surface area contributed by atoms with Crippen molar-refractivity contribution in [1.29, 1.82) is 0 Å². The van der Waals surface area contributed by atoms with Gasteiger partial charge in [-0.05, 0) is 80.1 Å². The van der Waals surface area contributed by atoms with Gasteiger partial charge in [-0.3, -0.25) is 4.79 Å². The molecule has 0 radical (unpaired) electrons. The summed E-state index contributed by atoms with van der Waals surface area (Å²) in [7, 11) is 0. The molecule has 0 saturated heterocycles. The lowest BCUT2D eigenvalue weighted by molar-refractivity contribution is 0.0997. The summed E-state index contributed by atoms with van der Waals surface area (Å²) in [5.74, 6) is 0.347. The van der Waals surface area contributed by atoms with Crippen LogP contribution in [-0.4, -0.2) is 10.9 Å². The van der Waals surface area contributed by atoms with Crippen LogP contribution in [-0.2, 0) is 12.8 Å². The smallest absolute Gasteiger partial charge is 0.291 e. The number of nitrogens with one attached hydrogen (secondary N) is 2. The molecule has 0 saturated carbocycles. The first-order valence-electron chi connectivity index (χ1n) is 11.0. The van der Waals surface area contributed by atoms with Crippen molar-refractivity contribution in [3.63, 3.8) is 0 Å². The van der Waals surface area contributed by atoms with Gasteiger partial charge < -0.3 is 15.1 Å². The Labute approximate surface area is 195 Å². The number of nitrogens with zero attached hydrogens (tertiary/aromatic N) is 1. The van der Waals surface area contributed by atoms with E-state index in [1.165, 1.54) is 22.8 Å². The largest absolute Gasteiger partial charge is 0.459 e. The van der Waals surface area contributed by atoms with E-state index in [-0.39, 0.29) is 23.5 Å². The van der Waals surface area contributed by atoms with E-state index >= 15 is 0 Å². The molecule has 0 fully saturated rings. The molecule has 0 unspecified atom stereocenters. The Morgan fingerprint density at radius 1 is 1.12 bits per heavy atom. The molecule has 33 heavy (non-hydrogen) atoms. The molecule has 2 N–H and O–H groups in total. The second-order valence-electron chi connectivity index (χ2n) is 8.18. The minimum atomic E-state index is -0.375. The zero-order valence-corrected chi connectivity index (χ0v) is 19.0. The van der Waals surface area contributed by atoms with Gasteiger partial charge in [0.1, 0.15) is 16.6 Å². The van der Waals surface area contributed by atoms with Crippen LogP contribution in [0, 0.1) is 12.7 Å². The van der Waals surface area contributed by atoms with Crippen LogP contribution in [0.3, 0.4) is 0 Å². The molecule has 1 aromatic carbocycles. The zero-order chi connectivity index (χ0) is 22.8. The Bertz CT molecular complexity index is 1280. The predicted molar refractivity (Wildman–Crippen MR) is 128 cm³/mol. The minimum Gasteiger partial charge on any atom is -0.459 e. The molecule has 1 atom stereocenters. The molecule has 1 aliphatic rings. The number of benzene rings is 1. The number of aromatic nitrogens is 1. The summed E-state index contributed by atoms with van der Waals surface area (Å²) in [5, 5.41) is 7.34. The van der Waals surface area contributed by atoms with Crippen LogP contribution in [0.15, 0.2) is 65.3 Å². The fourth-order valence-electron chi connectivity index (χ4n) is 4.34. The zero-order valence-electron chi connectivity index (χ0n) is 18.2. The normalized spacial score (nSPS) is 13.9. The van der Waals surface area contributed by atoms with E-state index in [1.54, 1.807) is 35.6 Å². The molecule has 5 rings (SSSR count). The van der Waals surface area contributed by atoms with Gasteiger partial charge in [-0.1, -0.05) is 18.2 Å². The number of hydrogen-bond donors (Lipinski definition) is 2. The summed E-state index contributed by atoms with van der Waals surface area (Å²) >= 11 is 1.60. The summed E-state index contributed by atoms with van der Waals surface area (Å²) in [6.45, 7) is 1.93. The standard InChI is InChI=1S/C26H24FN3O2S/c1-16-7-4-13-22(28-16)29-24(17-8-5-9-18(27)15-17)23-19-10-2-3-12-21(19)33-26(23)30-25(31)20-11-6-14-32-20/h4-9,11,13-15,24H,2-3,10,12H2,1H3,(H,28,29)(H,30,31)/t24-/m1/s1. The lowest BCUT2D eigenvalue weighted by Gasteiger charge is -2.24. The summed E-state index contributed by atoms with van der Waals surface area (Å²) in [5.41, 5.74) is 3.87. The van der Waals surface area contributed by atoms with Crippen molar-refractivity contribution >= 4 is 28.1 Å². The van der Waals surface area contributed by atoms with Crippen LogP contribution in [0.4, 0.5) is 15.2 Å². The highest BCUT2D eigenvalue weighted by molar-refractivity contribution is 7.16. The summed E-state index contributed by atoms with van der Waals surface area (Å²) in [6, 6.07) is 15.3. The van der Waals surface area contributed by atoms with Gasteiger partial charge in [0.2, 0.25) is 0 Å². The molecule has 1 amide bonds. The van der Waals surface area contributed by atoms with Crippen molar-refractivity contribution in [2.75, 3.05) is 10.6 Å². The van der Waals surface area contributed by atoms with Crippen LogP contribution in [0.2, 0.25) is 0 Å². The number of pyridine rings is 1. The third kappa shape index (κ3) is 4.54. The fraction of sp³-hybridized carbons (Fsp3) is 0.231. The summed E-state index contributed by atoms with van der Waals surface area (Å²) in [4.78, 5) is 18.7. The van der Waals surface area contributed by atoms with E-state index in [0.29, 0.717) is 5.82 Å². The molecule has 0 spiro atoms. The molecule has 168 valence electrons. The van der Waals surface area contributed by atoms with Crippen LogP contribution >= 0.6 is 11.3 Å². The van der Waals surface area contributed by atoms with E-state index in [2.05, 4.69) is 15.6 Å². The number of fused-ring (bicyclic) bond motifs is 1. The van der Waals surface area contributed by atoms with E-state index in [4.69, 9.17) is 4.42 Å². The van der Waals surface area contributed by atoms with Gasteiger partial charge in [-0.2, -0.15) is 0 Å². The third-order valence-corrected chi connectivity index (χ3v) is 7.06. The van der Waals surface area contributed by atoms with Crippen molar-refractivity contribution < 1.29 is 13.6 Å². The number of hydrogen-bond acceptors (Lipinski definition) is 5. The number of halogens is 1. The van der Waals surface area contributed by atoms with Crippen LogP contribution in [0.25, 0.3) is 0 Å². The van der Waals surface area contributed by atoms with E-state index in [0.717, 1.165) is 47.5 Å². The first-order valence-corrected chi connectivity index (χ1v) is 11.8. The molecular formula is C26H24FN3O2S. The second-order valence-corrected chi connectivity index (χ2v) is 9.29. The van der Waals surface area contributed by atoms with Crippen molar-refractivity contribution in [2.24, 2.45) is 0 Å². The number of amides is 1. The van der Waals surface area contributed by atoms with Gasteiger partial charge in [0.15, 0.2) is 5.76 Å². The molecule has 7 heteroatoms. The monoisotopic (exact) mass is 461 g/mol. The number of anilines is 2.